The topological polar surface area (TPSA) is 75.6 Å². The standard InChI is InChI=1S/C17H17NO4/c1-12-2-8-15(9-3-12)22-11-10-16(19)18-14-6-4-13(5-7-14)17(20)21/h2-9H,10-11H2,1H3,(H,18,19)(H,20,21). The van der Waals surface area contributed by atoms with Crippen molar-refractivity contribution in [2.75, 3.05) is 11.9 Å². The molecule has 0 aromatic heterocycles. The van der Waals surface area contributed by atoms with E-state index in [0.717, 1.165) is 11.3 Å². The third kappa shape index (κ3) is 4.63. The summed E-state index contributed by atoms with van der Waals surface area (Å²) in [5.74, 6) is -0.455. The van der Waals surface area contributed by atoms with Gasteiger partial charge in [-0.05, 0) is 43.3 Å². The van der Waals surface area contributed by atoms with Gasteiger partial charge in [0.15, 0.2) is 0 Å². The molecule has 0 aliphatic heterocycles. The molecule has 0 unspecified atom stereocenters. The van der Waals surface area contributed by atoms with Gasteiger partial charge < -0.3 is 15.2 Å². The van der Waals surface area contributed by atoms with E-state index in [2.05, 4.69) is 5.32 Å². The lowest BCUT2D eigenvalue weighted by molar-refractivity contribution is -0.116. The Morgan fingerprint density at radius 1 is 1.05 bits per heavy atom. The summed E-state index contributed by atoms with van der Waals surface area (Å²) < 4.78 is 5.48. The van der Waals surface area contributed by atoms with Crippen molar-refractivity contribution in [2.24, 2.45) is 0 Å². The number of carbonyl (C=O) groups excluding carboxylic acids is 1. The average molecular weight is 299 g/mol. The normalized spacial score (nSPS) is 10.0. The third-order valence-electron chi connectivity index (χ3n) is 3.03. The molecule has 114 valence electrons. The van der Waals surface area contributed by atoms with Gasteiger partial charge in [-0.1, -0.05) is 17.7 Å². The molecule has 0 saturated heterocycles. The maximum atomic E-state index is 11.8. The molecule has 5 heteroatoms. The molecule has 0 bridgehead atoms. The number of carboxylic acids is 1. The summed E-state index contributed by atoms with van der Waals surface area (Å²) in [7, 11) is 0. The molecule has 2 aromatic carbocycles. The SMILES string of the molecule is Cc1ccc(OCCC(=O)Nc2ccc(C(=O)O)cc2)cc1. The van der Waals surface area contributed by atoms with Crippen LogP contribution in [0.4, 0.5) is 5.69 Å². The van der Waals surface area contributed by atoms with Crippen LogP contribution < -0.4 is 10.1 Å². The van der Waals surface area contributed by atoms with Crippen molar-refractivity contribution in [1.82, 2.24) is 0 Å². The maximum Gasteiger partial charge on any atom is 0.335 e. The van der Waals surface area contributed by atoms with Crippen LogP contribution in [0, 0.1) is 6.92 Å². The lowest BCUT2D eigenvalue weighted by atomic mass is 10.2. The number of aryl methyl sites for hydroxylation is 1. The van der Waals surface area contributed by atoms with E-state index >= 15 is 0 Å². The molecule has 2 aromatic rings. The Bertz CT molecular complexity index is 647. The highest BCUT2D eigenvalue weighted by molar-refractivity contribution is 5.92. The van der Waals surface area contributed by atoms with E-state index in [9.17, 15) is 9.59 Å². The van der Waals surface area contributed by atoms with Gasteiger partial charge in [-0.3, -0.25) is 4.79 Å². The molecule has 0 aliphatic carbocycles. The van der Waals surface area contributed by atoms with E-state index in [1.165, 1.54) is 12.1 Å². The second-order valence-electron chi connectivity index (χ2n) is 4.84. The van der Waals surface area contributed by atoms with Crippen LogP contribution in [0.2, 0.25) is 0 Å². The molecule has 0 saturated carbocycles. The number of amides is 1. The number of rotatable bonds is 6. The lowest BCUT2D eigenvalue weighted by Crippen LogP contribution is -2.15. The molecule has 0 aliphatic rings. The van der Waals surface area contributed by atoms with Crippen LogP contribution >= 0.6 is 0 Å². The Balaban J connectivity index is 1.77. The molecular weight excluding hydrogens is 282 g/mol. The lowest BCUT2D eigenvalue weighted by Gasteiger charge is -2.08. The predicted molar refractivity (Wildman–Crippen MR) is 83.3 cm³/mol. The zero-order valence-electron chi connectivity index (χ0n) is 12.2. The largest absolute Gasteiger partial charge is 0.493 e. The second-order valence-corrected chi connectivity index (χ2v) is 4.84. The van der Waals surface area contributed by atoms with E-state index in [4.69, 9.17) is 9.84 Å². The minimum Gasteiger partial charge on any atom is -0.493 e. The molecule has 1 amide bonds. The van der Waals surface area contributed by atoms with Gasteiger partial charge >= 0.3 is 5.97 Å². The molecule has 2 N–H and O–H groups in total. The number of nitrogens with one attached hydrogen (secondary N) is 1. The smallest absolute Gasteiger partial charge is 0.335 e. The summed E-state index contributed by atoms with van der Waals surface area (Å²) in [6.07, 6.45) is 0.217. The molecule has 22 heavy (non-hydrogen) atoms. The zero-order valence-corrected chi connectivity index (χ0v) is 12.2. The van der Waals surface area contributed by atoms with Crippen LogP contribution in [0.3, 0.4) is 0 Å². The molecule has 0 heterocycles. The van der Waals surface area contributed by atoms with E-state index in [-0.39, 0.29) is 24.5 Å². The number of anilines is 1. The highest BCUT2D eigenvalue weighted by Crippen LogP contribution is 2.12. The molecular formula is C17H17NO4. The molecule has 0 fully saturated rings. The second kappa shape index (κ2) is 7.26. The van der Waals surface area contributed by atoms with Crippen molar-refractivity contribution in [1.29, 1.82) is 0 Å². The van der Waals surface area contributed by atoms with Crippen molar-refractivity contribution in [2.45, 2.75) is 13.3 Å². The minimum absolute atomic E-state index is 0.181. The number of aromatic carboxylic acids is 1. The van der Waals surface area contributed by atoms with Crippen LogP contribution in [-0.4, -0.2) is 23.6 Å². The van der Waals surface area contributed by atoms with Crippen LogP contribution in [0.15, 0.2) is 48.5 Å². The Morgan fingerprint density at radius 2 is 1.68 bits per heavy atom. The van der Waals surface area contributed by atoms with Crippen LogP contribution in [0.1, 0.15) is 22.3 Å². The number of ether oxygens (including phenoxy) is 1. The Labute approximate surface area is 128 Å². The highest BCUT2D eigenvalue weighted by atomic mass is 16.5. The average Bonchev–Trinajstić information content (AvgIpc) is 2.50. The molecule has 0 radical (unpaired) electrons. The van der Waals surface area contributed by atoms with Gasteiger partial charge in [-0.25, -0.2) is 4.79 Å². The van der Waals surface area contributed by atoms with Gasteiger partial charge in [0.05, 0.1) is 18.6 Å². The molecule has 5 nitrogen and oxygen atoms in total. The summed E-state index contributed by atoms with van der Waals surface area (Å²) in [6.45, 7) is 2.27. The summed E-state index contributed by atoms with van der Waals surface area (Å²) in [6, 6.07) is 13.6. The van der Waals surface area contributed by atoms with Gasteiger partial charge in [0.1, 0.15) is 5.75 Å². The number of carbonyl (C=O) groups is 2. The van der Waals surface area contributed by atoms with Gasteiger partial charge in [0, 0.05) is 5.69 Å². The fourth-order valence-corrected chi connectivity index (χ4v) is 1.82. The van der Waals surface area contributed by atoms with Gasteiger partial charge in [0.25, 0.3) is 0 Å². The zero-order chi connectivity index (χ0) is 15.9. The van der Waals surface area contributed by atoms with Crippen molar-refractivity contribution in [3.63, 3.8) is 0 Å². The van der Waals surface area contributed by atoms with Crippen molar-refractivity contribution in [3.05, 3.63) is 59.7 Å². The summed E-state index contributed by atoms with van der Waals surface area (Å²) in [5, 5.41) is 11.5. The highest BCUT2D eigenvalue weighted by Gasteiger charge is 2.05. The Hall–Kier alpha value is -2.82. The number of benzene rings is 2. The van der Waals surface area contributed by atoms with E-state index in [1.54, 1.807) is 12.1 Å². The maximum absolute atomic E-state index is 11.8. The van der Waals surface area contributed by atoms with Crippen molar-refractivity contribution >= 4 is 17.6 Å². The summed E-state index contributed by atoms with van der Waals surface area (Å²) in [5.41, 5.74) is 1.89. The molecule has 2 rings (SSSR count). The number of carboxylic acid groups (broad SMARTS) is 1. The Morgan fingerprint density at radius 3 is 2.27 bits per heavy atom. The Kier molecular flexibility index (Phi) is 5.14. The van der Waals surface area contributed by atoms with E-state index < -0.39 is 5.97 Å². The van der Waals surface area contributed by atoms with E-state index in [0.29, 0.717) is 5.69 Å². The monoisotopic (exact) mass is 299 g/mol. The van der Waals surface area contributed by atoms with Gasteiger partial charge in [-0.15, -0.1) is 0 Å². The molecule has 0 atom stereocenters. The fraction of sp³-hybridized carbons (Fsp3) is 0.176. The van der Waals surface area contributed by atoms with Crippen molar-refractivity contribution < 1.29 is 19.4 Å². The van der Waals surface area contributed by atoms with Crippen LogP contribution in [0.5, 0.6) is 5.75 Å². The van der Waals surface area contributed by atoms with Crippen LogP contribution in [-0.2, 0) is 4.79 Å². The third-order valence-corrected chi connectivity index (χ3v) is 3.03. The quantitative estimate of drug-likeness (QED) is 0.859. The number of hydrogen-bond donors (Lipinski definition) is 2. The number of hydrogen-bond acceptors (Lipinski definition) is 3. The first-order chi connectivity index (χ1) is 10.5. The van der Waals surface area contributed by atoms with Gasteiger partial charge in [0.2, 0.25) is 5.91 Å². The first-order valence-electron chi connectivity index (χ1n) is 6.87. The first kappa shape index (κ1) is 15.6. The van der Waals surface area contributed by atoms with Gasteiger partial charge in [-0.2, -0.15) is 0 Å². The summed E-state index contributed by atoms with van der Waals surface area (Å²) in [4.78, 5) is 22.5. The summed E-state index contributed by atoms with van der Waals surface area (Å²) >= 11 is 0. The first-order valence-corrected chi connectivity index (χ1v) is 6.87. The molecule has 0 spiro atoms. The van der Waals surface area contributed by atoms with Crippen LogP contribution in [0.25, 0.3) is 0 Å². The fourth-order valence-electron chi connectivity index (χ4n) is 1.82. The minimum atomic E-state index is -0.996. The predicted octanol–water partition coefficient (Wildman–Crippen LogP) is 3.10. The van der Waals surface area contributed by atoms with E-state index in [1.807, 2.05) is 31.2 Å². The van der Waals surface area contributed by atoms with Crippen molar-refractivity contribution in [3.8, 4) is 5.75 Å².